The Hall–Kier alpha value is -1.46. The van der Waals surface area contributed by atoms with Crippen molar-refractivity contribution in [2.45, 2.75) is 20.3 Å². The average Bonchev–Trinajstić information content (AvgIpc) is 2.27. The lowest BCUT2D eigenvalue weighted by atomic mass is 10.1. The van der Waals surface area contributed by atoms with Crippen LogP contribution < -0.4 is 10.6 Å². The minimum atomic E-state index is 0.547. The number of rotatable bonds is 5. The molecule has 0 aliphatic heterocycles. The molecular weight excluding hydrogens is 184 g/mol. The number of benzene rings is 1. The van der Waals surface area contributed by atoms with Gasteiger partial charge >= 0.3 is 0 Å². The van der Waals surface area contributed by atoms with E-state index in [2.05, 4.69) is 47.7 Å². The van der Waals surface area contributed by atoms with Crippen LogP contribution in [0, 0.1) is 18.5 Å². The summed E-state index contributed by atoms with van der Waals surface area (Å²) in [7, 11) is 0. The highest BCUT2D eigenvalue weighted by molar-refractivity contribution is 5.47. The molecule has 2 heteroatoms. The summed E-state index contributed by atoms with van der Waals surface area (Å²) < 4.78 is 0. The molecule has 0 atom stereocenters. The van der Waals surface area contributed by atoms with Crippen LogP contribution in [-0.2, 0) is 6.42 Å². The van der Waals surface area contributed by atoms with Crippen molar-refractivity contribution in [2.24, 2.45) is 0 Å². The first kappa shape index (κ1) is 11.6. The van der Waals surface area contributed by atoms with Crippen LogP contribution in [0.1, 0.15) is 19.4 Å². The summed E-state index contributed by atoms with van der Waals surface area (Å²) >= 11 is 0. The molecule has 0 saturated heterocycles. The molecule has 0 radical (unpaired) electrons. The van der Waals surface area contributed by atoms with Gasteiger partial charge in [-0.2, -0.15) is 13.1 Å². The Morgan fingerprint density at radius 1 is 1.33 bits per heavy atom. The maximum atomic E-state index is 5.15. The largest absolute Gasteiger partial charge is 0.519 e. The number of terminal acetylenes is 1. The highest BCUT2D eigenvalue weighted by Gasteiger charge is 1.90. The van der Waals surface area contributed by atoms with E-state index in [-0.39, 0.29) is 0 Å². The van der Waals surface area contributed by atoms with E-state index in [0.29, 0.717) is 6.54 Å². The topological polar surface area (TPSA) is 24.1 Å². The van der Waals surface area contributed by atoms with Gasteiger partial charge in [0.1, 0.15) is 0 Å². The van der Waals surface area contributed by atoms with E-state index in [1.165, 1.54) is 5.56 Å². The van der Waals surface area contributed by atoms with Gasteiger partial charge in [0, 0.05) is 12.2 Å². The van der Waals surface area contributed by atoms with Gasteiger partial charge in [-0.3, -0.25) is 0 Å². The van der Waals surface area contributed by atoms with E-state index in [0.717, 1.165) is 18.3 Å². The lowest BCUT2D eigenvalue weighted by molar-refractivity contribution is 0.797. The van der Waals surface area contributed by atoms with Crippen molar-refractivity contribution in [2.75, 3.05) is 11.9 Å². The van der Waals surface area contributed by atoms with Gasteiger partial charge in [0.25, 0.3) is 0 Å². The van der Waals surface area contributed by atoms with Crippen LogP contribution >= 0.6 is 0 Å². The van der Waals surface area contributed by atoms with E-state index in [9.17, 15) is 0 Å². The monoisotopic (exact) mass is 201 g/mol. The van der Waals surface area contributed by atoms with E-state index in [4.69, 9.17) is 6.42 Å². The quantitative estimate of drug-likeness (QED) is 0.564. The number of nitrogens with one attached hydrogen (secondary N) is 2. The maximum Gasteiger partial charge on any atom is 0.0321 e. The fourth-order valence-electron chi connectivity index (χ4n) is 1.27. The Balaban J connectivity index is 2.46. The average molecular weight is 201 g/mol. The summed E-state index contributed by atoms with van der Waals surface area (Å²) in [4.78, 5) is 0. The zero-order valence-electron chi connectivity index (χ0n) is 9.30. The molecule has 0 saturated carbocycles. The summed E-state index contributed by atoms with van der Waals surface area (Å²) in [6.07, 6.45) is 7.19. The number of hydrogen-bond donors (Lipinski definition) is 2. The maximum absolute atomic E-state index is 5.15. The van der Waals surface area contributed by atoms with E-state index in [1.54, 1.807) is 0 Å². The van der Waals surface area contributed by atoms with Crippen molar-refractivity contribution in [3.05, 3.63) is 36.0 Å². The van der Waals surface area contributed by atoms with Gasteiger partial charge < -0.3 is 10.6 Å². The summed E-state index contributed by atoms with van der Waals surface area (Å²) in [6.45, 7) is 4.66. The second-order valence-electron chi connectivity index (χ2n) is 3.36. The van der Waals surface area contributed by atoms with Crippen LogP contribution in [0.5, 0.6) is 0 Å². The zero-order chi connectivity index (χ0) is 11.1. The fourth-order valence-corrected chi connectivity index (χ4v) is 1.27. The second kappa shape index (κ2) is 6.10. The predicted molar refractivity (Wildman–Crippen MR) is 65.2 cm³/mol. The third kappa shape index (κ3) is 4.05. The van der Waals surface area contributed by atoms with E-state index in [1.807, 2.05) is 6.92 Å². The normalized spacial score (nSPS) is 10.0. The summed E-state index contributed by atoms with van der Waals surface area (Å²) in [5, 5.41) is 6.32. The Labute approximate surface area is 92.1 Å². The molecule has 0 fully saturated rings. The molecular formula is C13H17N2-. The number of aryl methyl sites for hydroxylation is 1. The molecule has 0 spiro atoms. The highest BCUT2D eigenvalue weighted by atomic mass is 15.1. The molecule has 1 aromatic carbocycles. The summed E-state index contributed by atoms with van der Waals surface area (Å²) in [5.41, 5.74) is 2.42. The predicted octanol–water partition coefficient (Wildman–Crippen LogP) is 2.39. The Bertz CT molecular complexity index is 321. The molecule has 0 heterocycles. The van der Waals surface area contributed by atoms with Crippen LogP contribution in [0.25, 0.3) is 0 Å². The zero-order valence-corrected chi connectivity index (χ0v) is 9.30. The van der Waals surface area contributed by atoms with Gasteiger partial charge in [-0.1, -0.05) is 25.0 Å². The lowest BCUT2D eigenvalue weighted by Gasteiger charge is -2.29. The van der Waals surface area contributed by atoms with Gasteiger partial charge in [0.15, 0.2) is 0 Å². The molecule has 1 aromatic rings. The third-order valence-electron chi connectivity index (χ3n) is 2.15. The van der Waals surface area contributed by atoms with Gasteiger partial charge in [0.2, 0.25) is 0 Å². The van der Waals surface area contributed by atoms with Crippen LogP contribution in [0.4, 0.5) is 5.69 Å². The van der Waals surface area contributed by atoms with Crippen LogP contribution in [0.3, 0.4) is 0 Å². The summed E-state index contributed by atoms with van der Waals surface area (Å²) in [6, 6.07) is 8.38. The van der Waals surface area contributed by atoms with Gasteiger partial charge in [0.05, 0.1) is 0 Å². The molecule has 0 unspecified atom stereocenters. The Morgan fingerprint density at radius 2 is 2.00 bits per heavy atom. The smallest absolute Gasteiger partial charge is 0.0321 e. The van der Waals surface area contributed by atoms with Gasteiger partial charge in [-0.25, -0.2) is 0 Å². The first-order chi connectivity index (χ1) is 7.26. The number of hydrogen-bond acceptors (Lipinski definition) is 2. The van der Waals surface area contributed by atoms with Crippen LogP contribution in [0.15, 0.2) is 24.3 Å². The minimum absolute atomic E-state index is 0.547. The molecule has 2 nitrogen and oxygen atoms in total. The van der Waals surface area contributed by atoms with Crippen molar-refractivity contribution in [3.63, 3.8) is 0 Å². The Morgan fingerprint density at radius 3 is 2.53 bits per heavy atom. The van der Waals surface area contributed by atoms with Gasteiger partial charge in [-0.15, -0.1) is 6.42 Å². The molecule has 0 aliphatic rings. The standard InChI is InChI=1S/C13H17N2/c1-4-10-14-11(3)15-13-8-6-12(5-2)7-9-13/h1,6-9,14-15H,5,10H2,2-3H3/q-1. The SMILES string of the molecule is C#CCN[C-](C)Nc1ccc(CC)cc1. The van der Waals surface area contributed by atoms with E-state index >= 15 is 0 Å². The molecule has 15 heavy (non-hydrogen) atoms. The summed E-state index contributed by atoms with van der Waals surface area (Å²) in [5.74, 6) is 2.53. The molecule has 0 aliphatic carbocycles. The minimum Gasteiger partial charge on any atom is -0.519 e. The second-order valence-corrected chi connectivity index (χ2v) is 3.36. The first-order valence-electron chi connectivity index (χ1n) is 5.13. The molecule has 0 aromatic heterocycles. The molecule has 0 amide bonds. The van der Waals surface area contributed by atoms with E-state index < -0.39 is 0 Å². The fraction of sp³-hybridized carbons (Fsp3) is 0.308. The molecule has 80 valence electrons. The molecule has 1 rings (SSSR count). The highest BCUT2D eigenvalue weighted by Crippen LogP contribution is 2.12. The van der Waals surface area contributed by atoms with Crippen molar-refractivity contribution in [1.82, 2.24) is 5.32 Å². The molecule has 2 N–H and O–H groups in total. The van der Waals surface area contributed by atoms with Crippen molar-refractivity contribution < 1.29 is 0 Å². The first-order valence-corrected chi connectivity index (χ1v) is 5.13. The van der Waals surface area contributed by atoms with Gasteiger partial charge in [-0.05, 0) is 24.1 Å². The van der Waals surface area contributed by atoms with Crippen molar-refractivity contribution in [1.29, 1.82) is 0 Å². The van der Waals surface area contributed by atoms with Crippen LogP contribution in [-0.4, -0.2) is 6.54 Å². The van der Waals surface area contributed by atoms with Crippen molar-refractivity contribution in [3.8, 4) is 12.3 Å². The third-order valence-corrected chi connectivity index (χ3v) is 2.15. The lowest BCUT2D eigenvalue weighted by Crippen LogP contribution is -2.25. The van der Waals surface area contributed by atoms with Crippen molar-refractivity contribution >= 4 is 5.69 Å². The Kier molecular flexibility index (Phi) is 4.73. The number of anilines is 1. The molecule has 0 bridgehead atoms. The van der Waals surface area contributed by atoms with Crippen LogP contribution in [0.2, 0.25) is 0 Å².